The molecule has 0 aliphatic carbocycles. The number of carbonyl (C=O) groups excluding carboxylic acids is 1. The van der Waals surface area contributed by atoms with Crippen LogP contribution in [0.25, 0.3) is 11.5 Å². The van der Waals surface area contributed by atoms with Crippen LogP contribution in [0.15, 0.2) is 33.6 Å². The van der Waals surface area contributed by atoms with E-state index in [1.807, 2.05) is 24.3 Å². The van der Waals surface area contributed by atoms with Crippen molar-refractivity contribution < 1.29 is 13.9 Å². The van der Waals surface area contributed by atoms with Crippen LogP contribution in [0.1, 0.15) is 13.8 Å². The highest BCUT2D eigenvalue weighted by atomic mass is 32.2. The van der Waals surface area contributed by atoms with Gasteiger partial charge in [0.15, 0.2) is 0 Å². The zero-order valence-electron chi connectivity index (χ0n) is 13.3. The maximum Gasteiger partial charge on any atom is 0.324 e. The van der Waals surface area contributed by atoms with E-state index in [9.17, 15) is 4.79 Å². The van der Waals surface area contributed by atoms with E-state index in [2.05, 4.69) is 34.7 Å². The Morgan fingerprint density at radius 2 is 2.22 bits per heavy atom. The molecule has 0 atom stereocenters. The molecule has 23 heavy (non-hydrogen) atoms. The molecule has 1 heterocycles. The molecule has 7 nitrogen and oxygen atoms in total. The number of rotatable bonds is 7. The number of nitrogens with zero attached hydrogens (tertiary/aromatic N) is 2. The number of anilines is 1. The molecule has 1 aromatic heterocycles. The van der Waals surface area contributed by atoms with Crippen LogP contribution in [0.2, 0.25) is 0 Å². The Morgan fingerprint density at radius 1 is 1.39 bits per heavy atom. The molecule has 0 aliphatic heterocycles. The van der Waals surface area contributed by atoms with Gasteiger partial charge in [0.05, 0.1) is 6.61 Å². The summed E-state index contributed by atoms with van der Waals surface area (Å²) in [4.78, 5) is 12.7. The third kappa shape index (κ3) is 5.57. The molecule has 0 fully saturated rings. The Hall–Kier alpha value is -2.06. The molecule has 0 saturated carbocycles. The summed E-state index contributed by atoms with van der Waals surface area (Å²) in [5.74, 6) is 0.364. The van der Waals surface area contributed by atoms with E-state index in [0.717, 1.165) is 10.5 Å². The third-order valence-corrected chi connectivity index (χ3v) is 3.69. The Bertz CT molecular complexity index is 645. The van der Waals surface area contributed by atoms with Crippen molar-refractivity contribution >= 4 is 23.8 Å². The van der Waals surface area contributed by atoms with Gasteiger partial charge in [-0.1, -0.05) is 25.0 Å². The van der Waals surface area contributed by atoms with E-state index < -0.39 is 6.03 Å². The van der Waals surface area contributed by atoms with Crippen molar-refractivity contribution in [2.45, 2.75) is 24.0 Å². The maximum absolute atomic E-state index is 11.6. The predicted octanol–water partition coefficient (Wildman–Crippen LogP) is 3.01. The summed E-state index contributed by atoms with van der Waals surface area (Å²) in [6.45, 7) is 5.10. The number of carbonyl (C=O) groups is 1. The Morgan fingerprint density at radius 3 is 2.96 bits per heavy atom. The second-order valence-electron chi connectivity index (χ2n) is 4.98. The molecule has 0 saturated heterocycles. The number of thioether (sulfide) groups is 1. The first kappa shape index (κ1) is 17.3. The fourth-order valence-corrected chi connectivity index (χ4v) is 2.67. The summed E-state index contributed by atoms with van der Waals surface area (Å²) in [6.07, 6.45) is 0. The van der Waals surface area contributed by atoms with Crippen LogP contribution >= 0.6 is 11.8 Å². The van der Waals surface area contributed by atoms with Gasteiger partial charge in [0, 0.05) is 29.4 Å². The summed E-state index contributed by atoms with van der Waals surface area (Å²) >= 11 is 1.75. The summed E-state index contributed by atoms with van der Waals surface area (Å²) in [7, 11) is 1.57. The molecular formula is C15H20N4O3S. The maximum atomic E-state index is 11.6. The molecule has 2 N–H and O–H groups in total. The van der Waals surface area contributed by atoms with Gasteiger partial charge < -0.3 is 14.5 Å². The Kier molecular flexibility index (Phi) is 6.42. The number of nitrogens with one attached hydrogen (secondary N) is 2. The fourth-order valence-electron chi connectivity index (χ4n) is 1.77. The second-order valence-corrected chi connectivity index (χ2v) is 6.63. The fraction of sp³-hybridized carbons (Fsp3) is 0.400. The van der Waals surface area contributed by atoms with Gasteiger partial charge in [0.1, 0.15) is 0 Å². The molecule has 0 unspecified atom stereocenters. The minimum Gasteiger partial charge on any atom is -0.403 e. The molecule has 124 valence electrons. The van der Waals surface area contributed by atoms with Crippen molar-refractivity contribution in [3.63, 3.8) is 0 Å². The Balaban J connectivity index is 2.00. The van der Waals surface area contributed by atoms with Crippen LogP contribution < -0.4 is 10.6 Å². The van der Waals surface area contributed by atoms with Gasteiger partial charge in [-0.15, -0.1) is 16.9 Å². The van der Waals surface area contributed by atoms with Crippen molar-refractivity contribution in [3.8, 4) is 11.5 Å². The molecule has 8 heteroatoms. The first-order valence-electron chi connectivity index (χ1n) is 7.23. The standard InChI is InChI=1S/C15H20N4O3S/c1-10(2)23-12-6-4-5-11(9-12)13-18-19-15(22-13)17-14(20)16-7-8-21-3/h4-6,9-10H,7-8H2,1-3H3,(H2,16,17,19,20). The van der Waals surface area contributed by atoms with Gasteiger partial charge in [0.25, 0.3) is 0 Å². The lowest BCUT2D eigenvalue weighted by Gasteiger charge is -2.05. The van der Waals surface area contributed by atoms with Gasteiger partial charge in [-0.25, -0.2) is 4.79 Å². The zero-order chi connectivity index (χ0) is 16.7. The van der Waals surface area contributed by atoms with Crippen molar-refractivity contribution in [1.82, 2.24) is 15.5 Å². The molecule has 2 rings (SSSR count). The molecule has 0 spiro atoms. The van der Waals surface area contributed by atoms with E-state index in [1.54, 1.807) is 18.9 Å². The minimum absolute atomic E-state index is 0.0526. The van der Waals surface area contributed by atoms with Gasteiger partial charge in [-0.3, -0.25) is 5.32 Å². The molecule has 0 bridgehead atoms. The number of urea groups is 1. The summed E-state index contributed by atoms with van der Waals surface area (Å²) in [5.41, 5.74) is 0.816. The van der Waals surface area contributed by atoms with E-state index in [-0.39, 0.29) is 6.01 Å². The van der Waals surface area contributed by atoms with Gasteiger partial charge >= 0.3 is 12.0 Å². The van der Waals surface area contributed by atoms with Crippen LogP contribution in [-0.4, -0.2) is 41.7 Å². The highest BCUT2D eigenvalue weighted by Crippen LogP contribution is 2.28. The number of ether oxygens (including phenoxy) is 1. The van der Waals surface area contributed by atoms with Crippen LogP contribution in [0.3, 0.4) is 0 Å². The molecular weight excluding hydrogens is 316 g/mol. The van der Waals surface area contributed by atoms with Crippen LogP contribution in [0.5, 0.6) is 0 Å². The van der Waals surface area contributed by atoms with Crippen LogP contribution in [-0.2, 0) is 4.74 Å². The molecule has 1 aromatic carbocycles. The highest BCUT2D eigenvalue weighted by molar-refractivity contribution is 7.99. The third-order valence-electron chi connectivity index (χ3n) is 2.69. The van der Waals surface area contributed by atoms with E-state index in [4.69, 9.17) is 9.15 Å². The van der Waals surface area contributed by atoms with Gasteiger partial charge in [-0.05, 0) is 18.2 Å². The molecule has 0 aliphatic rings. The normalized spacial score (nSPS) is 10.8. The Labute approximate surface area is 139 Å². The van der Waals surface area contributed by atoms with Crippen molar-refractivity contribution in [1.29, 1.82) is 0 Å². The number of benzene rings is 1. The van der Waals surface area contributed by atoms with Crippen molar-refractivity contribution in [2.24, 2.45) is 0 Å². The smallest absolute Gasteiger partial charge is 0.324 e. The zero-order valence-corrected chi connectivity index (χ0v) is 14.1. The number of hydrogen-bond donors (Lipinski definition) is 2. The predicted molar refractivity (Wildman–Crippen MR) is 89.6 cm³/mol. The van der Waals surface area contributed by atoms with E-state index in [0.29, 0.717) is 24.3 Å². The first-order chi connectivity index (χ1) is 11.1. The average Bonchev–Trinajstić information content (AvgIpc) is 2.95. The minimum atomic E-state index is -0.415. The lowest BCUT2D eigenvalue weighted by atomic mass is 10.2. The first-order valence-corrected chi connectivity index (χ1v) is 8.11. The van der Waals surface area contributed by atoms with E-state index >= 15 is 0 Å². The van der Waals surface area contributed by atoms with Crippen LogP contribution in [0, 0.1) is 0 Å². The van der Waals surface area contributed by atoms with Crippen LogP contribution in [0.4, 0.5) is 10.8 Å². The van der Waals surface area contributed by atoms with Crippen molar-refractivity contribution in [2.75, 3.05) is 25.6 Å². The molecule has 0 radical (unpaired) electrons. The lowest BCUT2D eigenvalue weighted by Crippen LogP contribution is -2.31. The monoisotopic (exact) mass is 336 g/mol. The number of amides is 2. The topological polar surface area (TPSA) is 89.3 Å². The van der Waals surface area contributed by atoms with Gasteiger partial charge in [-0.2, -0.15) is 0 Å². The lowest BCUT2D eigenvalue weighted by molar-refractivity contribution is 0.198. The van der Waals surface area contributed by atoms with Crippen molar-refractivity contribution in [3.05, 3.63) is 24.3 Å². The number of aromatic nitrogens is 2. The molecule has 2 aromatic rings. The summed E-state index contributed by atoms with van der Waals surface area (Å²) in [6, 6.07) is 7.49. The SMILES string of the molecule is COCCNC(=O)Nc1nnc(-c2cccc(SC(C)C)c2)o1. The molecule has 2 amide bonds. The average molecular weight is 336 g/mol. The summed E-state index contributed by atoms with van der Waals surface area (Å²) < 4.78 is 10.3. The summed E-state index contributed by atoms with van der Waals surface area (Å²) in [5, 5.41) is 13.4. The number of hydrogen-bond acceptors (Lipinski definition) is 6. The number of methoxy groups -OCH3 is 1. The second kappa shape index (κ2) is 8.54. The largest absolute Gasteiger partial charge is 0.403 e. The highest BCUT2D eigenvalue weighted by Gasteiger charge is 2.11. The van der Waals surface area contributed by atoms with E-state index in [1.165, 1.54) is 0 Å². The van der Waals surface area contributed by atoms with Gasteiger partial charge in [0.2, 0.25) is 5.89 Å². The quantitative estimate of drug-likeness (QED) is 0.597.